The third-order valence-corrected chi connectivity index (χ3v) is 5.19. The van der Waals surface area contributed by atoms with E-state index in [9.17, 15) is 8.42 Å². The van der Waals surface area contributed by atoms with Crippen LogP contribution in [0.15, 0.2) is 30.3 Å². The number of nitrogens with one attached hydrogen (secondary N) is 1. The number of rotatable bonds is 7. The highest BCUT2D eigenvalue weighted by Gasteiger charge is 2.25. The molecule has 3 nitrogen and oxygen atoms in total. The first-order chi connectivity index (χ1) is 8.76. The lowest BCUT2D eigenvalue weighted by atomic mass is 10.0. The van der Waals surface area contributed by atoms with Crippen molar-refractivity contribution in [1.29, 1.82) is 0 Å². The first-order valence-electron chi connectivity index (χ1n) is 6.38. The van der Waals surface area contributed by atoms with E-state index in [2.05, 4.69) is 20.7 Å². The van der Waals surface area contributed by atoms with Gasteiger partial charge in [0.25, 0.3) is 0 Å². The van der Waals surface area contributed by atoms with Crippen LogP contribution in [0.25, 0.3) is 0 Å². The molecule has 0 amide bonds. The van der Waals surface area contributed by atoms with Gasteiger partial charge < -0.3 is 0 Å². The highest BCUT2D eigenvalue weighted by molar-refractivity contribution is 9.09. The number of hydrogen-bond donors (Lipinski definition) is 1. The molecule has 0 saturated heterocycles. The van der Waals surface area contributed by atoms with Gasteiger partial charge in [0.05, 0.1) is 5.75 Å². The molecule has 0 spiro atoms. The van der Waals surface area contributed by atoms with Gasteiger partial charge >= 0.3 is 0 Å². The molecule has 5 heteroatoms. The van der Waals surface area contributed by atoms with Crippen molar-refractivity contribution in [2.24, 2.45) is 0 Å². The fraction of sp³-hybridized carbons (Fsp3) is 0.571. The highest BCUT2D eigenvalue weighted by Crippen LogP contribution is 2.18. The maximum absolute atomic E-state index is 12.2. The van der Waals surface area contributed by atoms with Crippen LogP contribution in [0.3, 0.4) is 0 Å². The van der Waals surface area contributed by atoms with E-state index in [0.29, 0.717) is 0 Å². The van der Waals surface area contributed by atoms with Crippen molar-refractivity contribution in [1.82, 2.24) is 4.72 Å². The smallest absolute Gasteiger partial charge is 0.212 e. The van der Waals surface area contributed by atoms with Crippen molar-refractivity contribution in [3.05, 3.63) is 35.9 Å². The van der Waals surface area contributed by atoms with Crippen LogP contribution in [0.4, 0.5) is 0 Å². The molecule has 1 aromatic carbocycles. The van der Waals surface area contributed by atoms with Gasteiger partial charge in [0.2, 0.25) is 10.0 Å². The van der Waals surface area contributed by atoms with Gasteiger partial charge in [-0.15, -0.1) is 0 Å². The third-order valence-electron chi connectivity index (χ3n) is 2.99. The molecule has 0 saturated carbocycles. The second-order valence-electron chi connectivity index (χ2n) is 5.52. The molecule has 0 aromatic heterocycles. The second kappa shape index (κ2) is 6.86. The Labute approximate surface area is 125 Å². The van der Waals surface area contributed by atoms with Crippen molar-refractivity contribution in [3.63, 3.8) is 0 Å². The van der Waals surface area contributed by atoms with Gasteiger partial charge in [-0.05, 0) is 31.7 Å². The molecule has 1 atom stereocenters. The van der Waals surface area contributed by atoms with Crippen LogP contribution in [0.5, 0.6) is 0 Å². The molecular formula is C14H22BrNO2S. The number of hydrogen-bond acceptors (Lipinski definition) is 2. The van der Waals surface area contributed by atoms with Crippen LogP contribution in [0.2, 0.25) is 0 Å². The Kier molecular flexibility index (Phi) is 6.02. The number of sulfonamides is 1. The molecule has 108 valence electrons. The lowest BCUT2D eigenvalue weighted by Gasteiger charge is -2.26. The summed E-state index contributed by atoms with van der Waals surface area (Å²) in [4.78, 5) is 0. The average molecular weight is 348 g/mol. The summed E-state index contributed by atoms with van der Waals surface area (Å²) in [5, 5.41) is 0.775. The van der Waals surface area contributed by atoms with Crippen molar-refractivity contribution in [3.8, 4) is 0 Å². The maximum Gasteiger partial charge on any atom is 0.212 e. The molecule has 0 aliphatic rings. The molecule has 0 radical (unpaired) electrons. The summed E-state index contributed by atoms with van der Waals surface area (Å²) in [7, 11) is -3.28. The first-order valence-corrected chi connectivity index (χ1v) is 9.16. The number of alkyl halides is 1. The quantitative estimate of drug-likeness (QED) is 0.769. The minimum Gasteiger partial charge on any atom is -0.212 e. The van der Waals surface area contributed by atoms with E-state index in [-0.39, 0.29) is 11.7 Å². The van der Waals surface area contributed by atoms with E-state index in [1.54, 1.807) is 0 Å². The second-order valence-corrected chi connectivity index (χ2v) is 8.08. The molecule has 19 heavy (non-hydrogen) atoms. The first kappa shape index (κ1) is 16.7. The zero-order chi connectivity index (χ0) is 14.5. The van der Waals surface area contributed by atoms with E-state index in [0.717, 1.165) is 17.3 Å². The fourth-order valence-electron chi connectivity index (χ4n) is 1.96. The predicted molar refractivity (Wildman–Crippen MR) is 84.3 cm³/mol. The van der Waals surface area contributed by atoms with Gasteiger partial charge in [-0.1, -0.05) is 53.2 Å². The van der Waals surface area contributed by atoms with Crippen LogP contribution in [0, 0.1) is 0 Å². The van der Waals surface area contributed by atoms with Crippen molar-refractivity contribution in [2.75, 3.05) is 11.1 Å². The Morgan fingerprint density at radius 1 is 1.26 bits per heavy atom. The van der Waals surface area contributed by atoms with Crippen LogP contribution in [-0.2, 0) is 10.0 Å². The van der Waals surface area contributed by atoms with Crippen LogP contribution in [-0.4, -0.2) is 25.0 Å². The molecule has 1 unspecified atom stereocenters. The topological polar surface area (TPSA) is 46.2 Å². The summed E-state index contributed by atoms with van der Waals surface area (Å²) < 4.78 is 27.1. The van der Waals surface area contributed by atoms with Gasteiger partial charge in [0, 0.05) is 10.9 Å². The Balaban J connectivity index is 2.70. The summed E-state index contributed by atoms with van der Waals surface area (Å²) >= 11 is 3.35. The van der Waals surface area contributed by atoms with E-state index >= 15 is 0 Å². The third kappa shape index (κ3) is 6.06. The Morgan fingerprint density at radius 2 is 1.84 bits per heavy atom. The normalized spacial score (nSPS) is 14.3. The summed E-state index contributed by atoms with van der Waals surface area (Å²) in [6.07, 6.45) is 0.756. The zero-order valence-electron chi connectivity index (χ0n) is 11.7. The van der Waals surface area contributed by atoms with Crippen LogP contribution < -0.4 is 4.72 Å². The van der Waals surface area contributed by atoms with E-state index in [1.807, 2.05) is 51.1 Å². The van der Waals surface area contributed by atoms with Gasteiger partial charge in [0.1, 0.15) is 0 Å². The molecule has 0 aliphatic carbocycles. The van der Waals surface area contributed by atoms with Gasteiger partial charge in [-0.3, -0.25) is 0 Å². The maximum atomic E-state index is 12.2. The van der Waals surface area contributed by atoms with Gasteiger partial charge in [0.15, 0.2) is 0 Å². The summed E-state index contributed by atoms with van der Waals surface area (Å²) in [6, 6.07) is 9.72. The molecule has 0 heterocycles. The Hall–Kier alpha value is -0.390. The van der Waals surface area contributed by atoms with E-state index in [4.69, 9.17) is 0 Å². The number of benzene rings is 1. The van der Waals surface area contributed by atoms with Gasteiger partial charge in [-0.2, -0.15) is 0 Å². The van der Waals surface area contributed by atoms with E-state index in [1.165, 1.54) is 0 Å². The zero-order valence-corrected chi connectivity index (χ0v) is 14.1. The molecule has 1 N–H and O–H groups in total. The molecule has 1 aromatic rings. The van der Waals surface area contributed by atoms with Crippen LogP contribution in [0.1, 0.15) is 38.7 Å². The van der Waals surface area contributed by atoms with E-state index < -0.39 is 15.6 Å². The molecule has 0 fully saturated rings. The highest BCUT2D eigenvalue weighted by atomic mass is 79.9. The summed E-state index contributed by atoms with van der Waals surface area (Å²) in [5.74, 6) is 0.0985. The predicted octanol–water partition coefficient (Wildman–Crippen LogP) is 3.27. The molecule has 1 rings (SSSR count). The monoisotopic (exact) mass is 347 g/mol. The SMILES string of the molecule is CC(CS(=O)(=O)NC(C)(C)CCBr)c1ccccc1. The average Bonchev–Trinajstić information content (AvgIpc) is 2.27. The standard InChI is InChI=1S/C14H22BrNO2S/c1-12(13-7-5-4-6-8-13)11-19(17,18)16-14(2,3)9-10-15/h4-8,12,16H,9-11H2,1-3H3. The summed E-state index contributed by atoms with van der Waals surface area (Å²) in [5.41, 5.74) is 0.629. The lowest BCUT2D eigenvalue weighted by molar-refractivity contribution is 0.442. The Morgan fingerprint density at radius 3 is 2.37 bits per heavy atom. The largest absolute Gasteiger partial charge is 0.212 e. The van der Waals surface area contributed by atoms with Crippen LogP contribution >= 0.6 is 15.9 Å². The molecular weight excluding hydrogens is 326 g/mol. The molecule has 0 aliphatic heterocycles. The fourth-order valence-corrected chi connectivity index (χ4v) is 4.83. The van der Waals surface area contributed by atoms with Crippen molar-refractivity contribution < 1.29 is 8.42 Å². The van der Waals surface area contributed by atoms with Crippen molar-refractivity contribution >= 4 is 26.0 Å². The van der Waals surface area contributed by atoms with Crippen molar-refractivity contribution in [2.45, 2.75) is 38.6 Å². The number of halogens is 1. The Bertz CT molecular complexity index is 485. The summed E-state index contributed by atoms with van der Waals surface area (Å²) in [6.45, 7) is 5.74. The minimum absolute atomic E-state index is 0.0153. The minimum atomic E-state index is -3.28. The van der Waals surface area contributed by atoms with Gasteiger partial charge in [-0.25, -0.2) is 13.1 Å². The molecule has 0 bridgehead atoms. The lowest BCUT2D eigenvalue weighted by Crippen LogP contribution is -2.45.